The molecule has 0 aromatic carbocycles. The SMILES string of the molecule is Cc1cc(CN)nc(N2CCCC2(C)C)n1. The second-order valence-electron chi connectivity index (χ2n) is 5.07. The standard InChI is InChI=1S/C12H20N4/c1-9-7-10(8-13)15-11(14-9)16-6-4-5-12(16,2)3/h7H,4-6,8,13H2,1-3H3. The van der Waals surface area contributed by atoms with Crippen LogP contribution in [0.4, 0.5) is 5.95 Å². The number of hydrogen-bond acceptors (Lipinski definition) is 4. The van der Waals surface area contributed by atoms with Crippen LogP contribution in [-0.4, -0.2) is 22.1 Å². The van der Waals surface area contributed by atoms with E-state index in [0.717, 1.165) is 23.9 Å². The number of aromatic nitrogens is 2. The molecule has 0 amide bonds. The van der Waals surface area contributed by atoms with Gasteiger partial charge in [0.25, 0.3) is 0 Å². The van der Waals surface area contributed by atoms with Crippen LogP contribution < -0.4 is 10.6 Å². The first-order chi connectivity index (χ1) is 7.53. The predicted octanol–water partition coefficient (Wildman–Crippen LogP) is 1.62. The zero-order valence-corrected chi connectivity index (χ0v) is 10.3. The third-order valence-corrected chi connectivity index (χ3v) is 3.25. The summed E-state index contributed by atoms with van der Waals surface area (Å²) in [5.74, 6) is 0.836. The first kappa shape index (κ1) is 11.3. The van der Waals surface area contributed by atoms with Crippen molar-refractivity contribution in [2.45, 2.75) is 45.7 Å². The molecule has 4 heteroatoms. The highest BCUT2D eigenvalue weighted by atomic mass is 15.3. The molecule has 0 atom stereocenters. The zero-order chi connectivity index (χ0) is 11.8. The van der Waals surface area contributed by atoms with E-state index in [2.05, 4.69) is 28.7 Å². The van der Waals surface area contributed by atoms with Gasteiger partial charge in [0.2, 0.25) is 5.95 Å². The lowest BCUT2D eigenvalue weighted by Gasteiger charge is -2.31. The van der Waals surface area contributed by atoms with Gasteiger partial charge in [-0.3, -0.25) is 0 Å². The fraction of sp³-hybridized carbons (Fsp3) is 0.667. The molecule has 0 spiro atoms. The molecular formula is C12H20N4. The molecule has 16 heavy (non-hydrogen) atoms. The fourth-order valence-electron chi connectivity index (χ4n) is 2.32. The van der Waals surface area contributed by atoms with E-state index in [1.165, 1.54) is 12.8 Å². The molecule has 4 nitrogen and oxygen atoms in total. The molecule has 0 radical (unpaired) electrons. The van der Waals surface area contributed by atoms with Gasteiger partial charge in [-0.1, -0.05) is 0 Å². The lowest BCUT2D eigenvalue weighted by Crippen LogP contribution is -2.39. The zero-order valence-electron chi connectivity index (χ0n) is 10.3. The summed E-state index contributed by atoms with van der Waals surface area (Å²) in [6.07, 6.45) is 2.41. The third-order valence-electron chi connectivity index (χ3n) is 3.25. The van der Waals surface area contributed by atoms with Gasteiger partial charge in [-0.15, -0.1) is 0 Å². The molecule has 1 aromatic heterocycles. The normalized spacial score (nSPS) is 19.1. The van der Waals surface area contributed by atoms with Crippen LogP contribution in [0.15, 0.2) is 6.07 Å². The summed E-state index contributed by atoms with van der Waals surface area (Å²) in [5, 5.41) is 0. The van der Waals surface area contributed by atoms with Gasteiger partial charge in [-0.05, 0) is 39.7 Å². The Morgan fingerprint density at radius 1 is 1.44 bits per heavy atom. The minimum absolute atomic E-state index is 0.166. The smallest absolute Gasteiger partial charge is 0.226 e. The largest absolute Gasteiger partial charge is 0.336 e. The van der Waals surface area contributed by atoms with Crippen molar-refractivity contribution in [2.75, 3.05) is 11.4 Å². The molecule has 1 aromatic rings. The Balaban J connectivity index is 2.36. The maximum Gasteiger partial charge on any atom is 0.226 e. The van der Waals surface area contributed by atoms with Gasteiger partial charge in [-0.25, -0.2) is 9.97 Å². The summed E-state index contributed by atoms with van der Waals surface area (Å²) >= 11 is 0. The van der Waals surface area contributed by atoms with Crippen LogP contribution in [0.25, 0.3) is 0 Å². The Bertz CT molecular complexity index is 387. The second-order valence-corrected chi connectivity index (χ2v) is 5.07. The minimum Gasteiger partial charge on any atom is -0.336 e. The van der Waals surface area contributed by atoms with Gasteiger partial charge in [0.05, 0.1) is 5.69 Å². The molecule has 2 N–H and O–H groups in total. The lowest BCUT2D eigenvalue weighted by atomic mass is 10.0. The van der Waals surface area contributed by atoms with Crippen molar-refractivity contribution in [3.05, 3.63) is 17.5 Å². The number of nitrogens with zero attached hydrogens (tertiary/aromatic N) is 3. The molecule has 1 saturated heterocycles. The van der Waals surface area contributed by atoms with E-state index >= 15 is 0 Å². The van der Waals surface area contributed by atoms with Crippen molar-refractivity contribution in [2.24, 2.45) is 5.73 Å². The Labute approximate surface area is 96.9 Å². The molecule has 2 rings (SSSR count). The maximum absolute atomic E-state index is 5.65. The van der Waals surface area contributed by atoms with Crippen LogP contribution in [0.3, 0.4) is 0 Å². The van der Waals surface area contributed by atoms with Gasteiger partial charge >= 0.3 is 0 Å². The molecule has 1 aliphatic rings. The van der Waals surface area contributed by atoms with Gasteiger partial charge < -0.3 is 10.6 Å². The van der Waals surface area contributed by atoms with E-state index in [1.807, 2.05) is 13.0 Å². The van der Waals surface area contributed by atoms with Crippen LogP contribution in [0.1, 0.15) is 38.1 Å². The summed E-state index contributed by atoms with van der Waals surface area (Å²) in [7, 11) is 0. The van der Waals surface area contributed by atoms with Gasteiger partial charge in [-0.2, -0.15) is 0 Å². The number of aryl methyl sites for hydroxylation is 1. The van der Waals surface area contributed by atoms with Crippen LogP contribution in [-0.2, 0) is 6.54 Å². The van der Waals surface area contributed by atoms with Crippen LogP contribution in [0.5, 0.6) is 0 Å². The van der Waals surface area contributed by atoms with Crippen molar-refractivity contribution < 1.29 is 0 Å². The highest BCUT2D eigenvalue weighted by Gasteiger charge is 2.33. The molecule has 1 fully saturated rings. The fourth-order valence-corrected chi connectivity index (χ4v) is 2.32. The summed E-state index contributed by atoms with van der Waals surface area (Å²) < 4.78 is 0. The highest BCUT2D eigenvalue weighted by molar-refractivity contribution is 5.37. The Hall–Kier alpha value is -1.16. The first-order valence-electron chi connectivity index (χ1n) is 5.85. The monoisotopic (exact) mass is 220 g/mol. The number of hydrogen-bond donors (Lipinski definition) is 1. The number of nitrogens with two attached hydrogens (primary N) is 1. The van der Waals surface area contributed by atoms with Gasteiger partial charge in [0.1, 0.15) is 0 Å². The van der Waals surface area contributed by atoms with Crippen molar-refractivity contribution in [3.63, 3.8) is 0 Å². The van der Waals surface area contributed by atoms with Crippen molar-refractivity contribution in [1.82, 2.24) is 9.97 Å². The van der Waals surface area contributed by atoms with E-state index in [0.29, 0.717) is 6.54 Å². The van der Waals surface area contributed by atoms with Gasteiger partial charge in [0, 0.05) is 24.3 Å². The van der Waals surface area contributed by atoms with Gasteiger partial charge in [0.15, 0.2) is 0 Å². The molecule has 1 aliphatic heterocycles. The summed E-state index contributed by atoms with van der Waals surface area (Å²) in [5.41, 5.74) is 7.73. The number of rotatable bonds is 2. The topological polar surface area (TPSA) is 55.0 Å². The summed E-state index contributed by atoms with van der Waals surface area (Å²) in [4.78, 5) is 11.3. The average molecular weight is 220 g/mol. The molecule has 0 bridgehead atoms. The molecule has 0 saturated carbocycles. The summed E-state index contributed by atoms with van der Waals surface area (Å²) in [6.45, 7) is 8.00. The van der Waals surface area contributed by atoms with Crippen molar-refractivity contribution in [3.8, 4) is 0 Å². The van der Waals surface area contributed by atoms with Crippen LogP contribution >= 0.6 is 0 Å². The van der Waals surface area contributed by atoms with E-state index < -0.39 is 0 Å². The Morgan fingerprint density at radius 2 is 2.19 bits per heavy atom. The molecular weight excluding hydrogens is 200 g/mol. The third kappa shape index (κ3) is 2.02. The lowest BCUT2D eigenvalue weighted by molar-refractivity contribution is 0.509. The summed E-state index contributed by atoms with van der Waals surface area (Å²) in [6, 6.07) is 1.95. The van der Waals surface area contributed by atoms with E-state index in [9.17, 15) is 0 Å². The molecule has 88 valence electrons. The van der Waals surface area contributed by atoms with Crippen molar-refractivity contribution >= 4 is 5.95 Å². The predicted molar refractivity (Wildman–Crippen MR) is 65.3 cm³/mol. The van der Waals surface area contributed by atoms with E-state index in [4.69, 9.17) is 5.73 Å². The van der Waals surface area contributed by atoms with Crippen LogP contribution in [0.2, 0.25) is 0 Å². The highest BCUT2D eigenvalue weighted by Crippen LogP contribution is 2.31. The van der Waals surface area contributed by atoms with E-state index in [1.54, 1.807) is 0 Å². The Morgan fingerprint density at radius 3 is 2.75 bits per heavy atom. The number of anilines is 1. The van der Waals surface area contributed by atoms with Crippen LogP contribution in [0, 0.1) is 6.92 Å². The average Bonchev–Trinajstić information content (AvgIpc) is 2.57. The quantitative estimate of drug-likeness (QED) is 0.823. The molecule has 0 aliphatic carbocycles. The maximum atomic E-state index is 5.65. The van der Waals surface area contributed by atoms with Crippen molar-refractivity contribution in [1.29, 1.82) is 0 Å². The molecule has 0 unspecified atom stereocenters. The van der Waals surface area contributed by atoms with E-state index in [-0.39, 0.29) is 5.54 Å². The first-order valence-corrected chi connectivity index (χ1v) is 5.85. The second kappa shape index (κ2) is 4.01. The Kier molecular flexibility index (Phi) is 2.84. The molecule has 2 heterocycles. The minimum atomic E-state index is 0.166.